The molecule has 1 unspecified atom stereocenters. The van der Waals surface area contributed by atoms with Crippen LogP contribution in [0.5, 0.6) is 0 Å². The highest BCUT2D eigenvalue weighted by Gasteiger charge is 2.33. The number of aliphatic hydroxyl groups is 1. The Morgan fingerprint density at radius 1 is 1.38 bits per heavy atom. The van der Waals surface area contributed by atoms with E-state index in [0.29, 0.717) is 11.5 Å². The molecule has 2 N–H and O–H groups in total. The summed E-state index contributed by atoms with van der Waals surface area (Å²) in [7, 11) is 2.04. The average Bonchev–Trinajstić information content (AvgIpc) is 2.21. The van der Waals surface area contributed by atoms with E-state index >= 15 is 0 Å². The minimum absolute atomic E-state index is 0.292. The van der Waals surface area contributed by atoms with Crippen molar-refractivity contribution in [1.29, 1.82) is 0 Å². The van der Waals surface area contributed by atoms with E-state index in [1.165, 1.54) is 0 Å². The van der Waals surface area contributed by atoms with Gasteiger partial charge in [-0.1, -0.05) is 13.8 Å². The van der Waals surface area contributed by atoms with Gasteiger partial charge in [-0.15, -0.1) is 0 Å². The Kier molecular flexibility index (Phi) is 4.38. The smallest absolute Gasteiger partial charge is 0.0768 e. The highest BCUT2D eigenvalue weighted by molar-refractivity contribution is 4.90. The maximum atomic E-state index is 10.3. The lowest BCUT2D eigenvalue weighted by Gasteiger charge is -2.42. The average molecular weight is 228 g/mol. The minimum Gasteiger partial charge on any atom is -0.389 e. The van der Waals surface area contributed by atoms with Crippen LogP contribution >= 0.6 is 0 Å². The Balaban J connectivity index is 2.43. The topological polar surface area (TPSA) is 35.5 Å². The Morgan fingerprint density at radius 2 is 1.88 bits per heavy atom. The molecule has 0 spiro atoms. The van der Waals surface area contributed by atoms with Gasteiger partial charge >= 0.3 is 0 Å². The molecule has 1 saturated heterocycles. The lowest BCUT2D eigenvalue weighted by molar-refractivity contribution is -0.0279. The van der Waals surface area contributed by atoms with Crippen LogP contribution in [0.15, 0.2) is 0 Å². The highest BCUT2D eigenvalue weighted by Crippen LogP contribution is 2.24. The summed E-state index contributed by atoms with van der Waals surface area (Å²) in [5, 5.41) is 13.7. The van der Waals surface area contributed by atoms with Gasteiger partial charge in [0.1, 0.15) is 0 Å². The number of hydrogen-bond donors (Lipinski definition) is 2. The molecule has 0 aromatic carbocycles. The van der Waals surface area contributed by atoms with Gasteiger partial charge in [0.05, 0.1) is 5.60 Å². The third-order valence-electron chi connectivity index (χ3n) is 4.35. The van der Waals surface area contributed by atoms with Gasteiger partial charge in [-0.25, -0.2) is 0 Å². The van der Waals surface area contributed by atoms with Crippen LogP contribution in [0.3, 0.4) is 0 Å². The van der Waals surface area contributed by atoms with Crippen molar-refractivity contribution in [3.05, 3.63) is 0 Å². The van der Waals surface area contributed by atoms with E-state index < -0.39 is 5.60 Å². The van der Waals surface area contributed by atoms with Gasteiger partial charge in [-0.2, -0.15) is 0 Å². The van der Waals surface area contributed by atoms with Crippen LogP contribution in [0.2, 0.25) is 0 Å². The molecular formula is C13H28N2O. The van der Waals surface area contributed by atoms with Gasteiger partial charge < -0.3 is 15.3 Å². The van der Waals surface area contributed by atoms with Crippen molar-refractivity contribution in [3.63, 3.8) is 0 Å². The molecule has 0 saturated carbocycles. The van der Waals surface area contributed by atoms with Crippen LogP contribution in [0.1, 0.15) is 40.5 Å². The number of nitrogens with zero attached hydrogens (tertiary/aromatic N) is 1. The predicted molar refractivity (Wildman–Crippen MR) is 68.6 cm³/mol. The monoisotopic (exact) mass is 228 g/mol. The number of likely N-dealkylation sites (tertiary alicyclic amines) is 1. The van der Waals surface area contributed by atoms with Gasteiger partial charge in [0.15, 0.2) is 0 Å². The van der Waals surface area contributed by atoms with Gasteiger partial charge in [0.2, 0.25) is 0 Å². The van der Waals surface area contributed by atoms with Crippen LogP contribution in [0.25, 0.3) is 0 Å². The van der Waals surface area contributed by atoms with Crippen LogP contribution < -0.4 is 5.32 Å². The third-order valence-corrected chi connectivity index (χ3v) is 4.35. The number of piperidine rings is 1. The Hall–Kier alpha value is -0.120. The normalized spacial score (nSPS) is 25.7. The fraction of sp³-hybridized carbons (Fsp3) is 1.00. The molecule has 1 rings (SSSR count). The summed E-state index contributed by atoms with van der Waals surface area (Å²) in [6.07, 6.45) is 2.33. The molecule has 16 heavy (non-hydrogen) atoms. The van der Waals surface area contributed by atoms with Crippen molar-refractivity contribution >= 4 is 0 Å². The lowest BCUT2D eigenvalue weighted by atomic mass is 9.87. The number of β-amino-alcohol motifs (C(OH)–C–C–N with tert-alkyl or cyclic N) is 1. The minimum atomic E-state index is -0.562. The van der Waals surface area contributed by atoms with Crippen molar-refractivity contribution in [2.45, 2.75) is 51.7 Å². The second-order valence-electron chi connectivity index (χ2n) is 6.10. The van der Waals surface area contributed by atoms with E-state index in [9.17, 15) is 5.11 Å². The number of rotatable bonds is 4. The zero-order chi connectivity index (χ0) is 12.4. The maximum Gasteiger partial charge on any atom is 0.0768 e. The van der Waals surface area contributed by atoms with E-state index in [-0.39, 0.29) is 0 Å². The largest absolute Gasteiger partial charge is 0.389 e. The Morgan fingerprint density at radius 3 is 2.25 bits per heavy atom. The molecule has 1 heterocycles. The lowest BCUT2D eigenvalue weighted by Crippen LogP contribution is -2.53. The standard InChI is InChI=1S/C13H28N2O/c1-11(2)13(4,16)10-15-8-6-12(3,14-5)7-9-15/h11,14,16H,6-10H2,1-5H3. The van der Waals surface area contributed by atoms with Crippen LogP contribution in [0, 0.1) is 5.92 Å². The molecule has 0 aliphatic carbocycles. The van der Waals surface area contributed by atoms with Crippen molar-refractivity contribution in [1.82, 2.24) is 10.2 Å². The van der Waals surface area contributed by atoms with Crippen molar-refractivity contribution < 1.29 is 5.11 Å². The first-order valence-electron chi connectivity index (χ1n) is 6.43. The van der Waals surface area contributed by atoms with E-state index in [1.807, 2.05) is 14.0 Å². The first-order valence-corrected chi connectivity index (χ1v) is 6.43. The van der Waals surface area contributed by atoms with Crippen LogP contribution in [-0.4, -0.2) is 47.8 Å². The summed E-state index contributed by atoms with van der Waals surface area (Å²) < 4.78 is 0. The SMILES string of the molecule is CNC1(C)CCN(CC(C)(O)C(C)C)CC1. The molecule has 1 atom stereocenters. The van der Waals surface area contributed by atoms with E-state index in [0.717, 1.165) is 32.5 Å². The summed E-state index contributed by atoms with van der Waals surface area (Å²) in [4.78, 5) is 2.39. The summed E-state index contributed by atoms with van der Waals surface area (Å²) >= 11 is 0. The second-order valence-corrected chi connectivity index (χ2v) is 6.10. The molecule has 3 heteroatoms. The van der Waals surface area contributed by atoms with Crippen molar-refractivity contribution in [3.8, 4) is 0 Å². The molecule has 1 aliphatic rings. The molecule has 1 fully saturated rings. The van der Waals surface area contributed by atoms with E-state index in [1.54, 1.807) is 0 Å². The fourth-order valence-electron chi connectivity index (χ4n) is 2.09. The first kappa shape index (κ1) is 13.9. The summed E-state index contributed by atoms with van der Waals surface area (Å²) in [6.45, 7) is 11.4. The van der Waals surface area contributed by atoms with Gasteiger partial charge in [0, 0.05) is 12.1 Å². The molecule has 0 radical (unpaired) electrons. The number of nitrogens with one attached hydrogen (secondary N) is 1. The van der Waals surface area contributed by atoms with E-state index in [4.69, 9.17) is 0 Å². The van der Waals surface area contributed by atoms with Crippen LogP contribution in [0.4, 0.5) is 0 Å². The quantitative estimate of drug-likeness (QED) is 0.765. The molecule has 1 aliphatic heterocycles. The second kappa shape index (κ2) is 5.03. The fourth-order valence-corrected chi connectivity index (χ4v) is 2.09. The zero-order valence-electron chi connectivity index (χ0n) is 11.5. The molecular weight excluding hydrogens is 200 g/mol. The highest BCUT2D eigenvalue weighted by atomic mass is 16.3. The van der Waals surface area contributed by atoms with Gasteiger partial charge in [-0.3, -0.25) is 0 Å². The third kappa shape index (κ3) is 3.44. The van der Waals surface area contributed by atoms with E-state index in [2.05, 4.69) is 31.0 Å². The van der Waals surface area contributed by atoms with Crippen molar-refractivity contribution in [2.24, 2.45) is 5.92 Å². The summed E-state index contributed by atoms with van der Waals surface area (Å²) in [5.41, 5.74) is -0.270. The molecule has 0 bridgehead atoms. The first-order chi connectivity index (χ1) is 7.29. The molecule has 3 nitrogen and oxygen atoms in total. The van der Waals surface area contributed by atoms with Gasteiger partial charge in [-0.05, 0) is 52.7 Å². The molecule has 0 aromatic rings. The number of hydrogen-bond acceptors (Lipinski definition) is 3. The molecule has 0 amide bonds. The molecule has 0 aromatic heterocycles. The van der Waals surface area contributed by atoms with Crippen LogP contribution in [-0.2, 0) is 0 Å². The maximum absolute atomic E-state index is 10.3. The molecule has 96 valence electrons. The van der Waals surface area contributed by atoms with Crippen molar-refractivity contribution in [2.75, 3.05) is 26.7 Å². The Bertz CT molecular complexity index is 218. The predicted octanol–water partition coefficient (Wildman–Crippen LogP) is 1.47. The zero-order valence-corrected chi connectivity index (χ0v) is 11.5. The summed E-state index contributed by atoms with van der Waals surface area (Å²) in [5.74, 6) is 0.310. The summed E-state index contributed by atoms with van der Waals surface area (Å²) in [6, 6.07) is 0. The Labute approximate surface area is 100 Å². The van der Waals surface area contributed by atoms with Gasteiger partial charge in [0.25, 0.3) is 0 Å².